The Hall–Kier alpha value is -2.25. The summed E-state index contributed by atoms with van der Waals surface area (Å²) >= 11 is 0. The summed E-state index contributed by atoms with van der Waals surface area (Å²) < 4.78 is 0. The first-order valence-electron chi connectivity index (χ1n) is 7.05. The van der Waals surface area contributed by atoms with Gasteiger partial charge in [-0.25, -0.2) is 0 Å². The molecule has 6 N–H and O–H groups in total. The molecule has 2 atom stereocenters. The number of unbranched alkanes of at least 4 members (excludes halogenated alkanes) is 1. The molecule has 0 spiro atoms. The maximum absolute atomic E-state index is 12.1. The second-order valence-electron chi connectivity index (χ2n) is 4.89. The molecule has 120 valence electrons. The van der Waals surface area contributed by atoms with Crippen LogP contribution in [0.3, 0.4) is 0 Å². The van der Waals surface area contributed by atoms with Crippen molar-refractivity contribution in [2.45, 2.75) is 31.3 Å². The number of amides is 1. The number of aliphatic carboxylic acids is 1. The molecule has 0 saturated heterocycles. The molecule has 22 heavy (non-hydrogen) atoms. The Labute approximate surface area is 128 Å². The third-order valence-electron chi connectivity index (χ3n) is 3.20. The summed E-state index contributed by atoms with van der Waals surface area (Å²) in [6.45, 7) is 0.457. The lowest BCUT2D eigenvalue weighted by Gasteiger charge is -2.19. The van der Waals surface area contributed by atoms with E-state index in [1.807, 2.05) is 0 Å². The van der Waals surface area contributed by atoms with E-state index in [1.54, 1.807) is 30.3 Å². The van der Waals surface area contributed by atoms with Crippen molar-refractivity contribution in [1.82, 2.24) is 5.32 Å². The number of ketones is 1. The summed E-state index contributed by atoms with van der Waals surface area (Å²) in [5.41, 5.74) is 11.1. The average molecular weight is 307 g/mol. The number of Topliss-reactive ketones (excluding diaryl/α,β-unsaturated/α-hetero) is 1. The molecule has 0 aliphatic carbocycles. The molecule has 0 aliphatic heterocycles. The molecule has 1 rings (SSSR count). The van der Waals surface area contributed by atoms with E-state index in [1.165, 1.54) is 0 Å². The Morgan fingerprint density at radius 3 is 2.32 bits per heavy atom. The molecule has 0 radical (unpaired) electrons. The van der Waals surface area contributed by atoms with E-state index in [2.05, 4.69) is 5.32 Å². The molecule has 0 saturated carbocycles. The van der Waals surface area contributed by atoms with Crippen LogP contribution < -0.4 is 16.8 Å². The van der Waals surface area contributed by atoms with E-state index in [-0.39, 0.29) is 0 Å². The van der Waals surface area contributed by atoms with E-state index in [0.717, 1.165) is 0 Å². The number of rotatable bonds is 9. The molecular formula is C15H21N3O4. The van der Waals surface area contributed by atoms with E-state index in [4.69, 9.17) is 16.6 Å². The summed E-state index contributed by atoms with van der Waals surface area (Å²) in [7, 11) is 0. The van der Waals surface area contributed by atoms with Crippen LogP contribution >= 0.6 is 0 Å². The fourth-order valence-electron chi connectivity index (χ4n) is 1.95. The molecule has 0 fully saturated rings. The van der Waals surface area contributed by atoms with Crippen LogP contribution in [0.1, 0.15) is 29.6 Å². The van der Waals surface area contributed by atoms with Crippen molar-refractivity contribution in [2.24, 2.45) is 11.5 Å². The van der Waals surface area contributed by atoms with E-state index in [0.29, 0.717) is 31.4 Å². The van der Waals surface area contributed by atoms with Gasteiger partial charge in [-0.2, -0.15) is 0 Å². The van der Waals surface area contributed by atoms with Crippen molar-refractivity contribution < 1.29 is 19.5 Å². The van der Waals surface area contributed by atoms with Crippen molar-refractivity contribution in [3.8, 4) is 0 Å². The Balaban J connectivity index is 2.79. The van der Waals surface area contributed by atoms with Gasteiger partial charge in [0.15, 0.2) is 11.8 Å². The topological polar surface area (TPSA) is 136 Å². The van der Waals surface area contributed by atoms with Crippen LogP contribution in [-0.4, -0.2) is 41.4 Å². The molecule has 1 amide bonds. The quantitative estimate of drug-likeness (QED) is 0.371. The highest BCUT2D eigenvalue weighted by Crippen LogP contribution is 2.06. The number of nitrogens with two attached hydrogens (primary N) is 2. The van der Waals surface area contributed by atoms with Crippen LogP contribution in [0.15, 0.2) is 30.3 Å². The van der Waals surface area contributed by atoms with Crippen LogP contribution in [0, 0.1) is 0 Å². The van der Waals surface area contributed by atoms with Gasteiger partial charge in [-0.15, -0.1) is 0 Å². The molecule has 1 aromatic rings. The second-order valence-corrected chi connectivity index (χ2v) is 4.89. The van der Waals surface area contributed by atoms with Gasteiger partial charge in [0.2, 0.25) is 0 Å². The zero-order valence-corrected chi connectivity index (χ0v) is 12.2. The largest absolute Gasteiger partial charge is 0.480 e. The molecule has 1 aromatic carbocycles. The zero-order valence-electron chi connectivity index (χ0n) is 12.2. The zero-order chi connectivity index (χ0) is 16.5. The highest BCUT2D eigenvalue weighted by molar-refractivity contribution is 6.07. The Bertz CT molecular complexity index is 519. The van der Waals surface area contributed by atoms with E-state index in [9.17, 15) is 14.4 Å². The first kappa shape index (κ1) is 17.8. The lowest BCUT2D eigenvalue weighted by atomic mass is 9.99. The minimum atomic E-state index is -1.65. The number of carbonyl (C=O) groups excluding carboxylic acids is 2. The fraction of sp³-hybridized carbons (Fsp3) is 0.400. The Morgan fingerprint density at radius 1 is 1.14 bits per heavy atom. The van der Waals surface area contributed by atoms with Crippen LogP contribution in [0.25, 0.3) is 0 Å². The molecule has 0 bridgehead atoms. The van der Waals surface area contributed by atoms with Gasteiger partial charge in [0.25, 0.3) is 5.91 Å². The van der Waals surface area contributed by atoms with Crippen molar-refractivity contribution in [3.05, 3.63) is 35.9 Å². The third-order valence-corrected chi connectivity index (χ3v) is 3.20. The third kappa shape index (κ3) is 5.27. The SMILES string of the molecule is NCCCCC(NC(=O)c1ccccc1)C(=O)C(N)C(=O)O. The number of carbonyl (C=O) groups is 3. The van der Waals surface area contributed by atoms with Crippen molar-refractivity contribution >= 4 is 17.7 Å². The van der Waals surface area contributed by atoms with E-state index >= 15 is 0 Å². The van der Waals surface area contributed by atoms with Gasteiger partial charge in [0.05, 0.1) is 6.04 Å². The second kappa shape index (κ2) is 8.91. The number of carboxylic acid groups (broad SMARTS) is 1. The maximum Gasteiger partial charge on any atom is 0.328 e. The normalized spacial score (nSPS) is 13.2. The Kier molecular flexibility index (Phi) is 7.21. The smallest absolute Gasteiger partial charge is 0.328 e. The number of nitrogens with one attached hydrogen (secondary N) is 1. The summed E-state index contributed by atoms with van der Waals surface area (Å²) in [5, 5.41) is 11.4. The van der Waals surface area contributed by atoms with Crippen LogP contribution in [0.2, 0.25) is 0 Å². The Morgan fingerprint density at radius 2 is 1.77 bits per heavy atom. The highest BCUT2D eigenvalue weighted by Gasteiger charge is 2.30. The van der Waals surface area contributed by atoms with Crippen molar-refractivity contribution in [3.63, 3.8) is 0 Å². The number of hydrogen-bond donors (Lipinski definition) is 4. The number of benzene rings is 1. The number of carboxylic acids is 1. The van der Waals surface area contributed by atoms with Gasteiger partial charge < -0.3 is 21.9 Å². The van der Waals surface area contributed by atoms with Crippen LogP contribution in [-0.2, 0) is 9.59 Å². The molecule has 7 nitrogen and oxygen atoms in total. The van der Waals surface area contributed by atoms with Crippen LogP contribution in [0.4, 0.5) is 0 Å². The molecule has 2 unspecified atom stereocenters. The monoisotopic (exact) mass is 307 g/mol. The van der Waals surface area contributed by atoms with Gasteiger partial charge in [0.1, 0.15) is 0 Å². The summed E-state index contributed by atoms with van der Waals surface area (Å²) in [6.07, 6.45) is 1.57. The minimum Gasteiger partial charge on any atom is -0.480 e. The number of hydrogen-bond acceptors (Lipinski definition) is 5. The van der Waals surface area contributed by atoms with E-state index < -0.39 is 29.7 Å². The molecule has 7 heteroatoms. The first-order chi connectivity index (χ1) is 10.5. The van der Waals surface area contributed by atoms with Gasteiger partial charge in [-0.1, -0.05) is 18.2 Å². The minimum absolute atomic E-state index is 0.301. The van der Waals surface area contributed by atoms with Gasteiger partial charge in [-0.05, 0) is 37.9 Å². The summed E-state index contributed by atoms with van der Waals surface area (Å²) in [6, 6.07) is 5.78. The summed E-state index contributed by atoms with van der Waals surface area (Å²) in [4.78, 5) is 35.1. The van der Waals surface area contributed by atoms with Crippen LogP contribution in [0.5, 0.6) is 0 Å². The molecule has 0 aromatic heterocycles. The fourth-order valence-corrected chi connectivity index (χ4v) is 1.95. The van der Waals surface area contributed by atoms with Gasteiger partial charge >= 0.3 is 5.97 Å². The summed E-state index contributed by atoms with van der Waals surface area (Å²) in [5.74, 6) is -2.57. The predicted molar refractivity (Wildman–Crippen MR) is 81.2 cm³/mol. The average Bonchev–Trinajstić information content (AvgIpc) is 2.53. The van der Waals surface area contributed by atoms with Gasteiger partial charge in [0, 0.05) is 5.56 Å². The molecule has 0 aliphatic rings. The standard InChI is InChI=1S/C15H21N3O4/c16-9-5-4-8-11(13(19)12(17)15(21)22)18-14(20)10-6-2-1-3-7-10/h1-3,6-7,11-12H,4-5,8-9,16-17H2,(H,18,20)(H,21,22). The van der Waals surface area contributed by atoms with Gasteiger partial charge in [-0.3, -0.25) is 14.4 Å². The highest BCUT2D eigenvalue weighted by atomic mass is 16.4. The van der Waals surface area contributed by atoms with Crippen molar-refractivity contribution in [1.29, 1.82) is 0 Å². The van der Waals surface area contributed by atoms with Crippen molar-refractivity contribution in [2.75, 3.05) is 6.54 Å². The molecule has 0 heterocycles. The lowest BCUT2D eigenvalue weighted by Crippen LogP contribution is -2.51. The maximum atomic E-state index is 12.1. The lowest BCUT2D eigenvalue weighted by molar-refractivity contribution is -0.142. The molecular weight excluding hydrogens is 286 g/mol. The first-order valence-corrected chi connectivity index (χ1v) is 7.05. The predicted octanol–water partition coefficient (Wildman–Crippen LogP) is -0.105.